The summed E-state index contributed by atoms with van der Waals surface area (Å²) in [6.45, 7) is 2.15. The van der Waals surface area contributed by atoms with E-state index < -0.39 is 4.92 Å². The van der Waals surface area contributed by atoms with Gasteiger partial charge in [-0.15, -0.1) is 0 Å². The molecule has 0 saturated carbocycles. The van der Waals surface area contributed by atoms with E-state index in [1.165, 1.54) is 12.1 Å². The van der Waals surface area contributed by atoms with Crippen LogP contribution in [0.5, 0.6) is 0 Å². The first-order chi connectivity index (χ1) is 10.1. The second kappa shape index (κ2) is 7.14. The minimum Gasteiger partial charge on any atom is -0.393 e. The van der Waals surface area contributed by atoms with Gasteiger partial charge in [0.25, 0.3) is 5.69 Å². The third-order valence-electron chi connectivity index (χ3n) is 3.59. The van der Waals surface area contributed by atoms with E-state index in [0.29, 0.717) is 6.54 Å². The zero-order valence-electron chi connectivity index (χ0n) is 11.7. The van der Waals surface area contributed by atoms with E-state index >= 15 is 0 Å². The van der Waals surface area contributed by atoms with Crippen LogP contribution in [0.1, 0.15) is 19.3 Å². The summed E-state index contributed by atoms with van der Waals surface area (Å²) in [7, 11) is 0. The maximum Gasteiger partial charge on any atom is 0.292 e. The number of piperidine rings is 1. The number of rotatable bonds is 5. The normalized spacial score (nSPS) is 16.6. The van der Waals surface area contributed by atoms with E-state index in [4.69, 9.17) is 0 Å². The molecule has 0 aliphatic carbocycles. The molecular weight excluding hydrogens is 274 g/mol. The van der Waals surface area contributed by atoms with E-state index in [1.54, 1.807) is 12.1 Å². The van der Waals surface area contributed by atoms with Crippen LogP contribution in [0.25, 0.3) is 0 Å². The number of likely N-dealkylation sites (tertiary alicyclic amines) is 1. The molecule has 21 heavy (non-hydrogen) atoms. The van der Waals surface area contributed by atoms with E-state index in [9.17, 15) is 20.0 Å². The number of nitro benzene ring substituents is 1. The molecule has 0 atom stereocenters. The number of nitrogens with one attached hydrogen (secondary N) is 1. The molecule has 1 amide bonds. The lowest BCUT2D eigenvalue weighted by molar-refractivity contribution is -0.383. The second-order valence-corrected chi connectivity index (χ2v) is 5.15. The highest BCUT2D eigenvalue weighted by atomic mass is 16.6. The maximum absolute atomic E-state index is 11.9. The zero-order valence-corrected chi connectivity index (χ0v) is 11.7. The molecule has 1 heterocycles. The number of aliphatic hydroxyl groups is 1. The van der Waals surface area contributed by atoms with Crippen LogP contribution in [-0.2, 0) is 4.79 Å². The Kier molecular flexibility index (Phi) is 5.24. The van der Waals surface area contributed by atoms with Crippen molar-refractivity contribution in [3.8, 4) is 0 Å². The van der Waals surface area contributed by atoms with Crippen molar-refractivity contribution in [3.05, 3.63) is 34.4 Å². The first-order valence-electron chi connectivity index (χ1n) is 7.00. The maximum atomic E-state index is 11.9. The number of hydrogen-bond donors (Lipinski definition) is 2. The minimum absolute atomic E-state index is 0.105. The molecule has 1 aliphatic heterocycles. The molecule has 2 rings (SSSR count). The van der Waals surface area contributed by atoms with E-state index in [0.717, 1.165) is 25.9 Å². The molecule has 114 valence electrons. The van der Waals surface area contributed by atoms with Gasteiger partial charge < -0.3 is 15.3 Å². The molecule has 1 fully saturated rings. The molecule has 1 aromatic carbocycles. The van der Waals surface area contributed by atoms with Crippen LogP contribution in [0.2, 0.25) is 0 Å². The topological polar surface area (TPSA) is 95.7 Å². The summed E-state index contributed by atoms with van der Waals surface area (Å²) in [6.07, 6.45) is 1.50. The Hall–Kier alpha value is -1.99. The molecule has 1 saturated heterocycles. The number of para-hydroxylation sites is 2. The lowest BCUT2D eigenvalue weighted by atomic mass is 10.1. The van der Waals surface area contributed by atoms with Gasteiger partial charge in [-0.2, -0.15) is 0 Å². The molecule has 7 heteroatoms. The van der Waals surface area contributed by atoms with Crippen molar-refractivity contribution >= 4 is 17.3 Å². The van der Waals surface area contributed by atoms with Crippen molar-refractivity contribution in [2.75, 3.05) is 25.0 Å². The van der Waals surface area contributed by atoms with Gasteiger partial charge in [0.1, 0.15) is 5.69 Å². The van der Waals surface area contributed by atoms with Crippen molar-refractivity contribution in [2.45, 2.75) is 25.4 Å². The van der Waals surface area contributed by atoms with Gasteiger partial charge in [0, 0.05) is 32.1 Å². The summed E-state index contributed by atoms with van der Waals surface area (Å²) >= 11 is 0. The van der Waals surface area contributed by atoms with Crippen LogP contribution >= 0.6 is 0 Å². The quantitative estimate of drug-likeness (QED) is 0.631. The van der Waals surface area contributed by atoms with Crippen LogP contribution in [0, 0.1) is 10.1 Å². The fraction of sp³-hybridized carbons (Fsp3) is 0.500. The molecule has 7 nitrogen and oxygen atoms in total. The third kappa shape index (κ3) is 4.51. The lowest BCUT2D eigenvalue weighted by Crippen LogP contribution is -2.37. The summed E-state index contributed by atoms with van der Waals surface area (Å²) in [5, 5.41) is 22.9. The second-order valence-electron chi connectivity index (χ2n) is 5.15. The Morgan fingerprint density at radius 3 is 2.71 bits per heavy atom. The highest BCUT2D eigenvalue weighted by Crippen LogP contribution is 2.23. The van der Waals surface area contributed by atoms with Crippen molar-refractivity contribution in [2.24, 2.45) is 0 Å². The Morgan fingerprint density at radius 2 is 2.05 bits per heavy atom. The monoisotopic (exact) mass is 293 g/mol. The first kappa shape index (κ1) is 15.4. The van der Waals surface area contributed by atoms with Gasteiger partial charge in [-0.05, 0) is 18.9 Å². The van der Waals surface area contributed by atoms with Gasteiger partial charge in [-0.1, -0.05) is 12.1 Å². The average Bonchev–Trinajstić information content (AvgIpc) is 2.47. The number of hydrogen-bond acceptors (Lipinski definition) is 5. The number of amides is 1. The molecule has 0 radical (unpaired) electrons. The first-order valence-corrected chi connectivity index (χ1v) is 7.00. The number of nitrogens with zero attached hydrogens (tertiary/aromatic N) is 2. The molecule has 0 bridgehead atoms. The standard InChI is InChI=1S/C14H19N3O4/c18-11-5-8-16(9-6-11)10-7-14(19)15-12-3-1-2-4-13(12)17(20)21/h1-4,11,18H,5-10H2,(H,15,19). The Balaban J connectivity index is 1.83. The Bertz CT molecular complexity index is 513. The van der Waals surface area contributed by atoms with Crippen LogP contribution < -0.4 is 5.32 Å². The molecule has 1 aliphatic rings. The predicted molar refractivity (Wildman–Crippen MR) is 78.0 cm³/mol. The largest absolute Gasteiger partial charge is 0.393 e. The fourth-order valence-electron chi connectivity index (χ4n) is 2.35. The summed E-state index contributed by atoms with van der Waals surface area (Å²) in [5.41, 5.74) is 0.119. The number of carbonyl (C=O) groups is 1. The van der Waals surface area contributed by atoms with E-state index in [2.05, 4.69) is 10.2 Å². The molecule has 0 spiro atoms. The van der Waals surface area contributed by atoms with Gasteiger partial charge in [-0.3, -0.25) is 14.9 Å². The molecule has 1 aromatic rings. The number of anilines is 1. The summed E-state index contributed by atoms with van der Waals surface area (Å²) < 4.78 is 0. The SMILES string of the molecule is O=C(CCN1CCC(O)CC1)Nc1ccccc1[N+](=O)[O-]. The minimum atomic E-state index is -0.512. The van der Waals surface area contributed by atoms with Gasteiger partial charge in [-0.25, -0.2) is 0 Å². The van der Waals surface area contributed by atoms with Gasteiger partial charge >= 0.3 is 0 Å². The van der Waals surface area contributed by atoms with Crippen LogP contribution in [0.4, 0.5) is 11.4 Å². The van der Waals surface area contributed by atoms with Crippen LogP contribution in [0.15, 0.2) is 24.3 Å². The number of nitro groups is 1. The number of benzene rings is 1. The number of aliphatic hydroxyl groups excluding tert-OH is 1. The van der Waals surface area contributed by atoms with Gasteiger partial charge in [0.2, 0.25) is 5.91 Å². The van der Waals surface area contributed by atoms with Crippen LogP contribution in [-0.4, -0.2) is 46.6 Å². The highest BCUT2D eigenvalue weighted by molar-refractivity contribution is 5.93. The van der Waals surface area contributed by atoms with Crippen molar-refractivity contribution in [3.63, 3.8) is 0 Å². The summed E-state index contributed by atoms with van der Waals surface area (Å²) in [5.74, 6) is -0.240. The average molecular weight is 293 g/mol. The smallest absolute Gasteiger partial charge is 0.292 e. The van der Waals surface area contributed by atoms with E-state index in [1.807, 2.05) is 0 Å². The molecular formula is C14H19N3O4. The zero-order chi connectivity index (χ0) is 15.2. The summed E-state index contributed by atoms with van der Waals surface area (Å²) in [4.78, 5) is 24.4. The predicted octanol–water partition coefficient (Wildman–Crippen LogP) is 1.38. The van der Waals surface area contributed by atoms with E-state index in [-0.39, 0.29) is 29.8 Å². The highest BCUT2D eigenvalue weighted by Gasteiger charge is 2.18. The molecule has 0 aromatic heterocycles. The van der Waals surface area contributed by atoms with Gasteiger partial charge in [0.05, 0.1) is 11.0 Å². The van der Waals surface area contributed by atoms with Crippen molar-refractivity contribution < 1.29 is 14.8 Å². The third-order valence-corrected chi connectivity index (χ3v) is 3.59. The lowest BCUT2D eigenvalue weighted by Gasteiger charge is -2.29. The van der Waals surface area contributed by atoms with Crippen molar-refractivity contribution in [1.82, 2.24) is 4.90 Å². The van der Waals surface area contributed by atoms with Gasteiger partial charge in [0.15, 0.2) is 0 Å². The number of carbonyl (C=O) groups excluding carboxylic acids is 1. The molecule has 2 N–H and O–H groups in total. The Labute approximate surface area is 122 Å². The summed E-state index contributed by atoms with van der Waals surface area (Å²) in [6, 6.07) is 6.09. The Morgan fingerprint density at radius 1 is 1.38 bits per heavy atom. The van der Waals surface area contributed by atoms with Crippen molar-refractivity contribution in [1.29, 1.82) is 0 Å². The fourth-order valence-corrected chi connectivity index (χ4v) is 2.35. The molecule has 0 unspecified atom stereocenters. The van der Waals surface area contributed by atoms with Crippen LogP contribution in [0.3, 0.4) is 0 Å².